The van der Waals surface area contributed by atoms with Crippen LogP contribution >= 0.6 is 22.7 Å². The second kappa shape index (κ2) is 9.48. The number of carbonyl (C=O) groups is 2. The van der Waals surface area contributed by atoms with E-state index in [1.54, 1.807) is 25.4 Å². The molecule has 0 aliphatic carbocycles. The third kappa shape index (κ3) is 5.40. The van der Waals surface area contributed by atoms with Crippen molar-refractivity contribution in [1.82, 2.24) is 10.3 Å². The molecule has 28 heavy (non-hydrogen) atoms. The molecule has 1 atom stereocenters. The summed E-state index contributed by atoms with van der Waals surface area (Å²) < 4.78 is 10.3. The number of rotatable bonds is 8. The number of methoxy groups -OCH3 is 1. The van der Waals surface area contributed by atoms with Crippen LogP contribution < -0.4 is 10.1 Å². The van der Waals surface area contributed by atoms with E-state index in [1.807, 2.05) is 46.5 Å². The summed E-state index contributed by atoms with van der Waals surface area (Å²) in [4.78, 5) is 28.7. The Bertz CT molecular complexity index is 920. The summed E-state index contributed by atoms with van der Waals surface area (Å²) in [7, 11) is 1.60. The van der Waals surface area contributed by atoms with Crippen molar-refractivity contribution in [2.45, 2.75) is 26.0 Å². The standard InChI is InChI=1S/C20H20N2O4S2/c1-13(19(24)21-10-14-3-5-17(25-2)6-4-14)26-18(23)9-16-12-28-20(22-16)15-7-8-27-11-15/h3-8,11-13H,9-10H2,1-2H3,(H,21,24)/t13-/m1/s1. The maximum absolute atomic E-state index is 12.2. The molecule has 0 bridgehead atoms. The van der Waals surface area contributed by atoms with Gasteiger partial charge in [0.25, 0.3) is 5.91 Å². The third-order valence-corrected chi connectivity index (χ3v) is 5.57. The molecule has 3 rings (SSSR count). The minimum Gasteiger partial charge on any atom is -0.497 e. The van der Waals surface area contributed by atoms with Crippen molar-refractivity contribution < 1.29 is 19.1 Å². The lowest BCUT2D eigenvalue weighted by molar-refractivity contribution is -0.154. The van der Waals surface area contributed by atoms with E-state index in [4.69, 9.17) is 9.47 Å². The molecule has 1 amide bonds. The molecule has 8 heteroatoms. The topological polar surface area (TPSA) is 77.5 Å². The van der Waals surface area contributed by atoms with Crippen molar-refractivity contribution in [3.8, 4) is 16.3 Å². The first-order valence-corrected chi connectivity index (χ1v) is 10.4. The number of aromatic nitrogens is 1. The number of ether oxygens (including phenoxy) is 2. The van der Waals surface area contributed by atoms with E-state index < -0.39 is 12.1 Å². The smallest absolute Gasteiger partial charge is 0.312 e. The molecule has 0 spiro atoms. The lowest BCUT2D eigenvalue weighted by atomic mass is 10.2. The predicted molar refractivity (Wildman–Crippen MR) is 110 cm³/mol. The van der Waals surface area contributed by atoms with Gasteiger partial charge in [-0.15, -0.1) is 11.3 Å². The molecule has 2 aromatic heterocycles. The van der Waals surface area contributed by atoms with Crippen LogP contribution in [0.1, 0.15) is 18.2 Å². The van der Waals surface area contributed by atoms with E-state index in [2.05, 4.69) is 10.3 Å². The number of carbonyl (C=O) groups excluding carboxylic acids is 2. The summed E-state index contributed by atoms with van der Waals surface area (Å²) in [6.07, 6.45) is -0.836. The monoisotopic (exact) mass is 416 g/mol. The summed E-state index contributed by atoms with van der Waals surface area (Å²) in [6.45, 7) is 1.90. The maximum Gasteiger partial charge on any atom is 0.312 e. The van der Waals surface area contributed by atoms with Crippen molar-refractivity contribution in [1.29, 1.82) is 0 Å². The average Bonchev–Trinajstić information content (AvgIpc) is 3.38. The van der Waals surface area contributed by atoms with Crippen LogP contribution in [0.3, 0.4) is 0 Å². The first kappa shape index (κ1) is 20.0. The number of nitrogens with zero attached hydrogens (tertiary/aromatic N) is 1. The molecule has 1 N–H and O–H groups in total. The first-order valence-electron chi connectivity index (χ1n) is 8.62. The highest BCUT2D eigenvalue weighted by atomic mass is 32.1. The van der Waals surface area contributed by atoms with Crippen LogP contribution in [-0.2, 0) is 27.3 Å². The lowest BCUT2D eigenvalue weighted by Gasteiger charge is -2.13. The summed E-state index contributed by atoms with van der Waals surface area (Å²) >= 11 is 3.08. The molecule has 146 valence electrons. The van der Waals surface area contributed by atoms with Gasteiger partial charge in [-0.2, -0.15) is 11.3 Å². The van der Waals surface area contributed by atoms with Crippen molar-refractivity contribution in [2.75, 3.05) is 7.11 Å². The molecule has 0 unspecified atom stereocenters. The van der Waals surface area contributed by atoms with Gasteiger partial charge in [0.05, 0.1) is 19.2 Å². The van der Waals surface area contributed by atoms with Gasteiger partial charge in [0, 0.05) is 22.9 Å². The fourth-order valence-electron chi connectivity index (χ4n) is 2.42. The van der Waals surface area contributed by atoms with E-state index >= 15 is 0 Å². The Morgan fingerprint density at radius 3 is 2.64 bits per heavy atom. The van der Waals surface area contributed by atoms with E-state index in [9.17, 15) is 9.59 Å². The SMILES string of the molecule is COc1ccc(CNC(=O)[C@@H](C)OC(=O)Cc2csc(-c3ccsc3)n2)cc1. The van der Waals surface area contributed by atoms with Gasteiger partial charge in [0.2, 0.25) is 0 Å². The molecule has 0 fully saturated rings. The van der Waals surface area contributed by atoms with Gasteiger partial charge in [-0.1, -0.05) is 12.1 Å². The number of thiazole rings is 1. The quantitative estimate of drug-likeness (QED) is 0.567. The number of benzene rings is 1. The van der Waals surface area contributed by atoms with E-state index in [0.717, 1.165) is 21.9 Å². The van der Waals surface area contributed by atoms with E-state index in [1.165, 1.54) is 11.3 Å². The molecule has 2 heterocycles. The largest absolute Gasteiger partial charge is 0.497 e. The molecular formula is C20H20N2O4S2. The molecule has 0 radical (unpaired) electrons. The van der Waals surface area contributed by atoms with Crippen LogP contribution in [0.25, 0.3) is 10.6 Å². The Morgan fingerprint density at radius 1 is 1.18 bits per heavy atom. The Morgan fingerprint density at radius 2 is 1.96 bits per heavy atom. The van der Waals surface area contributed by atoms with Gasteiger partial charge in [-0.3, -0.25) is 9.59 Å². The molecular weight excluding hydrogens is 396 g/mol. The normalized spacial score (nSPS) is 11.6. The predicted octanol–water partition coefficient (Wildman–Crippen LogP) is 3.67. The average molecular weight is 417 g/mol. The molecule has 0 saturated carbocycles. The minimum absolute atomic E-state index is 0.0384. The molecule has 6 nitrogen and oxygen atoms in total. The zero-order valence-electron chi connectivity index (χ0n) is 15.5. The molecule has 1 aromatic carbocycles. The van der Waals surface area contributed by atoms with Gasteiger partial charge in [0.15, 0.2) is 6.10 Å². The number of nitrogens with one attached hydrogen (secondary N) is 1. The fraction of sp³-hybridized carbons (Fsp3) is 0.250. The third-order valence-electron chi connectivity index (χ3n) is 3.95. The second-order valence-electron chi connectivity index (χ2n) is 6.03. The molecule has 0 aliphatic rings. The fourth-order valence-corrected chi connectivity index (χ4v) is 3.96. The van der Waals surface area contributed by atoms with Gasteiger partial charge in [-0.25, -0.2) is 4.98 Å². The number of hydrogen-bond acceptors (Lipinski definition) is 7. The van der Waals surface area contributed by atoms with Crippen molar-refractivity contribution in [3.05, 3.63) is 57.7 Å². The van der Waals surface area contributed by atoms with Crippen LogP contribution in [0.4, 0.5) is 0 Å². The molecule has 3 aromatic rings. The lowest BCUT2D eigenvalue weighted by Crippen LogP contribution is -2.35. The highest BCUT2D eigenvalue weighted by molar-refractivity contribution is 7.14. The van der Waals surface area contributed by atoms with Crippen molar-refractivity contribution >= 4 is 34.6 Å². The minimum atomic E-state index is -0.874. The zero-order chi connectivity index (χ0) is 19.9. The van der Waals surface area contributed by atoms with Crippen LogP contribution in [0.2, 0.25) is 0 Å². The van der Waals surface area contributed by atoms with Crippen LogP contribution in [0, 0.1) is 0 Å². The molecule has 0 saturated heterocycles. The zero-order valence-corrected chi connectivity index (χ0v) is 17.1. The van der Waals surface area contributed by atoms with Crippen LogP contribution in [0.5, 0.6) is 5.75 Å². The Labute approximate surface area is 171 Å². The van der Waals surface area contributed by atoms with E-state index in [0.29, 0.717) is 12.2 Å². The van der Waals surface area contributed by atoms with E-state index in [-0.39, 0.29) is 12.3 Å². The number of esters is 1. The first-order chi connectivity index (χ1) is 13.5. The van der Waals surface area contributed by atoms with Crippen molar-refractivity contribution in [2.24, 2.45) is 0 Å². The number of hydrogen-bond donors (Lipinski definition) is 1. The van der Waals surface area contributed by atoms with Crippen molar-refractivity contribution in [3.63, 3.8) is 0 Å². The summed E-state index contributed by atoms with van der Waals surface area (Å²) in [5.74, 6) is -0.0720. The summed E-state index contributed by atoms with van der Waals surface area (Å²) in [5.41, 5.74) is 2.61. The Kier molecular flexibility index (Phi) is 6.78. The molecule has 0 aliphatic heterocycles. The number of thiophene rings is 1. The summed E-state index contributed by atoms with van der Waals surface area (Å²) in [6, 6.07) is 9.36. The highest BCUT2D eigenvalue weighted by Crippen LogP contribution is 2.25. The van der Waals surface area contributed by atoms with Crippen LogP contribution in [0.15, 0.2) is 46.5 Å². The highest BCUT2D eigenvalue weighted by Gasteiger charge is 2.19. The Balaban J connectivity index is 1.46. The second-order valence-corrected chi connectivity index (χ2v) is 7.67. The van der Waals surface area contributed by atoms with Gasteiger partial charge in [0.1, 0.15) is 10.8 Å². The summed E-state index contributed by atoms with van der Waals surface area (Å²) in [5, 5.41) is 9.46. The number of amides is 1. The van der Waals surface area contributed by atoms with Gasteiger partial charge in [-0.05, 0) is 36.1 Å². The van der Waals surface area contributed by atoms with Crippen LogP contribution in [-0.4, -0.2) is 30.1 Å². The Hall–Kier alpha value is -2.71. The van der Waals surface area contributed by atoms with Gasteiger partial charge < -0.3 is 14.8 Å². The maximum atomic E-state index is 12.2. The van der Waals surface area contributed by atoms with Gasteiger partial charge >= 0.3 is 5.97 Å².